The number of nitrogens with zero attached hydrogens (tertiary/aromatic N) is 1. The molecule has 4 rings (SSSR count). The average molecular weight is 514 g/mol. The molecule has 0 spiro atoms. The second-order valence-electron chi connectivity index (χ2n) is 7.19. The first-order valence-electron chi connectivity index (χ1n) is 9.99. The Bertz CT molecular complexity index is 1290. The number of benzene rings is 3. The van der Waals surface area contributed by atoms with Gasteiger partial charge in [-0.15, -0.1) is 0 Å². The van der Waals surface area contributed by atoms with E-state index in [2.05, 4.69) is 0 Å². The molecule has 0 radical (unpaired) electrons. The van der Waals surface area contributed by atoms with Crippen molar-refractivity contribution >= 4 is 58.2 Å². The number of thioether (sulfide) groups is 1. The highest BCUT2D eigenvalue weighted by Crippen LogP contribution is 2.34. The summed E-state index contributed by atoms with van der Waals surface area (Å²) >= 11 is 12.9. The summed E-state index contributed by atoms with van der Waals surface area (Å²) in [4.78, 5) is 38.9. The summed E-state index contributed by atoms with van der Waals surface area (Å²) < 4.78 is 10.5. The normalized spacial score (nSPS) is 14.6. The quantitative estimate of drug-likeness (QED) is 0.214. The summed E-state index contributed by atoms with van der Waals surface area (Å²) in [6.45, 7) is 0.0538. The molecule has 1 fully saturated rings. The maximum atomic E-state index is 12.8. The minimum Gasteiger partial charge on any atom is -0.497 e. The number of methoxy groups -OCH3 is 1. The van der Waals surface area contributed by atoms with Gasteiger partial charge >= 0.3 is 5.97 Å². The Morgan fingerprint density at radius 1 is 0.971 bits per heavy atom. The van der Waals surface area contributed by atoms with Gasteiger partial charge in [0.15, 0.2) is 0 Å². The Labute approximate surface area is 210 Å². The van der Waals surface area contributed by atoms with Crippen molar-refractivity contribution in [3.05, 3.63) is 98.4 Å². The number of rotatable bonds is 6. The van der Waals surface area contributed by atoms with Gasteiger partial charge in [-0.1, -0.05) is 41.4 Å². The van der Waals surface area contributed by atoms with Crippen LogP contribution in [0.25, 0.3) is 6.08 Å². The summed E-state index contributed by atoms with van der Waals surface area (Å²) in [6.07, 6.45) is 1.61. The van der Waals surface area contributed by atoms with Crippen LogP contribution >= 0.6 is 35.0 Å². The molecule has 0 unspecified atom stereocenters. The lowest BCUT2D eigenvalue weighted by Crippen LogP contribution is -2.27. The van der Waals surface area contributed by atoms with E-state index in [4.69, 9.17) is 32.7 Å². The van der Waals surface area contributed by atoms with Crippen LogP contribution in [0.15, 0.2) is 71.6 Å². The highest BCUT2D eigenvalue weighted by Gasteiger charge is 2.35. The van der Waals surface area contributed by atoms with Crippen molar-refractivity contribution in [3.8, 4) is 11.5 Å². The molecule has 0 bridgehead atoms. The molecule has 9 heteroatoms. The Morgan fingerprint density at radius 2 is 1.65 bits per heavy atom. The summed E-state index contributed by atoms with van der Waals surface area (Å²) in [5, 5.41) is 0.475. The highest BCUT2D eigenvalue weighted by molar-refractivity contribution is 8.18. The largest absolute Gasteiger partial charge is 0.497 e. The predicted molar refractivity (Wildman–Crippen MR) is 132 cm³/mol. The van der Waals surface area contributed by atoms with Crippen LogP contribution in [-0.4, -0.2) is 29.1 Å². The van der Waals surface area contributed by atoms with Crippen LogP contribution in [-0.2, 0) is 11.3 Å². The SMILES string of the molecule is COc1ccc(C(=O)Oc2ccc(/C=C3\SC(=O)N(Cc4ccc(Cl)cc4Cl)C3=O)cc2)cc1. The first-order valence-corrected chi connectivity index (χ1v) is 11.6. The number of esters is 1. The number of carbonyl (C=O) groups excluding carboxylic acids is 3. The number of halogens is 2. The zero-order valence-electron chi connectivity index (χ0n) is 17.8. The third-order valence-electron chi connectivity index (χ3n) is 4.93. The molecule has 0 aliphatic carbocycles. The number of hydrogen-bond acceptors (Lipinski definition) is 6. The van der Waals surface area contributed by atoms with E-state index in [-0.39, 0.29) is 16.7 Å². The lowest BCUT2D eigenvalue weighted by Gasteiger charge is -2.13. The van der Waals surface area contributed by atoms with Gasteiger partial charge in [-0.05, 0) is 77.5 Å². The molecule has 1 saturated heterocycles. The molecule has 1 heterocycles. The van der Waals surface area contributed by atoms with Crippen molar-refractivity contribution < 1.29 is 23.9 Å². The molecule has 0 aromatic heterocycles. The van der Waals surface area contributed by atoms with Crippen LogP contribution in [0.1, 0.15) is 21.5 Å². The molecule has 34 heavy (non-hydrogen) atoms. The Kier molecular flexibility index (Phi) is 7.26. The van der Waals surface area contributed by atoms with Crippen LogP contribution in [0.5, 0.6) is 11.5 Å². The Balaban J connectivity index is 1.43. The van der Waals surface area contributed by atoms with Crippen molar-refractivity contribution in [2.24, 2.45) is 0 Å². The molecule has 6 nitrogen and oxygen atoms in total. The van der Waals surface area contributed by atoms with Crippen LogP contribution in [0.4, 0.5) is 4.79 Å². The lowest BCUT2D eigenvalue weighted by molar-refractivity contribution is -0.123. The molecule has 0 N–H and O–H groups in total. The zero-order valence-corrected chi connectivity index (χ0v) is 20.1. The van der Waals surface area contributed by atoms with Gasteiger partial charge in [-0.25, -0.2) is 4.79 Å². The number of amides is 2. The molecular formula is C25H17Cl2NO5S. The molecule has 0 saturated carbocycles. The Hall–Kier alpha value is -3.26. The van der Waals surface area contributed by atoms with Gasteiger partial charge in [0.1, 0.15) is 11.5 Å². The average Bonchev–Trinajstić information content (AvgIpc) is 3.09. The fourth-order valence-electron chi connectivity index (χ4n) is 3.13. The van der Waals surface area contributed by atoms with Gasteiger partial charge in [-0.3, -0.25) is 14.5 Å². The minimum absolute atomic E-state index is 0.0538. The molecule has 1 aliphatic rings. The summed E-state index contributed by atoms with van der Waals surface area (Å²) in [7, 11) is 1.55. The molecule has 0 atom stereocenters. The van der Waals surface area contributed by atoms with E-state index < -0.39 is 11.9 Å². The fourth-order valence-corrected chi connectivity index (χ4v) is 4.44. The number of hydrogen-bond donors (Lipinski definition) is 0. The summed E-state index contributed by atoms with van der Waals surface area (Å²) in [5.74, 6) is 0.0819. The minimum atomic E-state index is -0.502. The van der Waals surface area contributed by atoms with Gasteiger partial charge in [0.25, 0.3) is 11.1 Å². The van der Waals surface area contributed by atoms with Crippen LogP contribution in [0.2, 0.25) is 10.0 Å². The van der Waals surface area contributed by atoms with Gasteiger partial charge in [0, 0.05) is 10.0 Å². The summed E-state index contributed by atoms with van der Waals surface area (Å²) in [6, 6.07) is 18.1. The standard InChI is InChI=1S/C25H17Cl2NO5S/c1-32-19-10-5-16(6-11-19)24(30)33-20-8-2-15(3-9-20)12-22-23(29)28(25(31)34-22)14-17-4-7-18(26)13-21(17)27/h2-13H,14H2,1H3/b22-12-. The van der Waals surface area contributed by atoms with Gasteiger partial charge in [-0.2, -0.15) is 0 Å². The maximum Gasteiger partial charge on any atom is 0.343 e. The third-order valence-corrected chi connectivity index (χ3v) is 6.43. The van der Waals surface area contributed by atoms with E-state index in [9.17, 15) is 14.4 Å². The predicted octanol–water partition coefficient (Wildman–Crippen LogP) is 6.46. The van der Waals surface area contributed by atoms with Crippen molar-refractivity contribution in [2.75, 3.05) is 7.11 Å². The first kappa shape index (κ1) is 23.9. The molecule has 1 aliphatic heterocycles. The number of imide groups is 1. The van der Waals surface area contributed by atoms with Crippen LogP contribution in [0, 0.1) is 0 Å². The van der Waals surface area contributed by atoms with Crippen LogP contribution in [0.3, 0.4) is 0 Å². The van der Waals surface area contributed by atoms with E-state index in [1.807, 2.05) is 0 Å². The third kappa shape index (κ3) is 5.44. The van der Waals surface area contributed by atoms with E-state index in [0.717, 1.165) is 16.7 Å². The first-order chi connectivity index (χ1) is 16.3. The van der Waals surface area contributed by atoms with Crippen molar-refractivity contribution in [2.45, 2.75) is 6.54 Å². The molecule has 2 amide bonds. The van der Waals surface area contributed by atoms with Gasteiger partial charge < -0.3 is 9.47 Å². The topological polar surface area (TPSA) is 72.9 Å². The van der Waals surface area contributed by atoms with Crippen molar-refractivity contribution in [1.82, 2.24) is 4.90 Å². The second-order valence-corrected chi connectivity index (χ2v) is 9.03. The van der Waals surface area contributed by atoms with Gasteiger partial charge in [0.05, 0.1) is 24.1 Å². The van der Waals surface area contributed by atoms with E-state index in [1.54, 1.807) is 79.9 Å². The second kappa shape index (κ2) is 10.3. The smallest absolute Gasteiger partial charge is 0.343 e. The lowest BCUT2D eigenvalue weighted by atomic mass is 10.2. The zero-order chi connectivity index (χ0) is 24.2. The maximum absolute atomic E-state index is 12.8. The highest BCUT2D eigenvalue weighted by atomic mass is 35.5. The summed E-state index contributed by atoms with van der Waals surface area (Å²) in [5.41, 5.74) is 1.69. The van der Waals surface area contributed by atoms with E-state index in [1.165, 1.54) is 0 Å². The molecule has 3 aromatic carbocycles. The number of carbonyl (C=O) groups is 3. The van der Waals surface area contributed by atoms with Crippen LogP contribution < -0.4 is 9.47 Å². The van der Waals surface area contributed by atoms with Crippen molar-refractivity contribution in [1.29, 1.82) is 0 Å². The van der Waals surface area contributed by atoms with Gasteiger partial charge in [0.2, 0.25) is 0 Å². The van der Waals surface area contributed by atoms with E-state index in [0.29, 0.717) is 38.2 Å². The fraction of sp³-hybridized carbons (Fsp3) is 0.0800. The number of ether oxygens (including phenoxy) is 2. The molecule has 172 valence electrons. The van der Waals surface area contributed by atoms with Crippen molar-refractivity contribution in [3.63, 3.8) is 0 Å². The molecule has 3 aromatic rings. The monoisotopic (exact) mass is 513 g/mol. The molecular weight excluding hydrogens is 497 g/mol. The Morgan fingerprint density at radius 3 is 2.29 bits per heavy atom. The van der Waals surface area contributed by atoms with E-state index >= 15 is 0 Å².